The topological polar surface area (TPSA) is 173 Å². The third-order valence-electron chi connectivity index (χ3n) is 9.12. The average molecular weight is 672 g/mol. The minimum atomic E-state index is -3.87. The third kappa shape index (κ3) is 7.96. The summed E-state index contributed by atoms with van der Waals surface area (Å²) in [7, 11) is -3.87. The van der Waals surface area contributed by atoms with E-state index >= 15 is 0 Å². The molecule has 1 saturated heterocycles. The van der Waals surface area contributed by atoms with Crippen LogP contribution in [-0.2, 0) is 29.1 Å². The summed E-state index contributed by atoms with van der Waals surface area (Å²) in [6.07, 6.45) is 11.8. The van der Waals surface area contributed by atoms with Gasteiger partial charge in [0.05, 0.1) is 18.4 Å². The molecular weight excluding hydrogens is 626 g/mol. The summed E-state index contributed by atoms with van der Waals surface area (Å²) in [5.74, 6) is -1.92. The molecule has 0 unspecified atom stereocenters. The highest BCUT2D eigenvalue weighted by Crippen LogP contribution is 2.45. The van der Waals surface area contributed by atoms with E-state index < -0.39 is 74.1 Å². The monoisotopic (exact) mass is 671 g/mol. The van der Waals surface area contributed by atoms with Gasteiger partial charge in [-0.3, -0.25) is 24.1 Å². The molecule has 1 aromatic rings. The van der Waals surface area contributed by atoms with Gasteiger partial charge in [0.15, 0.2) is 0 Å². The van der Waals surface area contributed by atoms with Crippen molar-refractivity contribution in [1.29, 1.82) is 0 Å². The van der Waals surface area contributed by atoms with E-state index in [4.69, 9.17) is 9.47 Å². The fourth-order valence-corrected chi connectivity index (χ4v) is 7.45. The zero-order valence-corrected chi connectivity index (χ0v) is 28.0. The molecule has 4 amide bonds. The van der Waals surface area contributed by atoms with Gasteiger partial charge in [-0.1, -0.05) is 39.0 Å². The number of ether oxygens (including phenoxy) is 2. The van der Waals surface area contributed by atoms with E-state index in [0.29, 0.717) is 25.0 Å². The zero-order chi connectivity index (χ0) is 34.0. The molecule has 3 heterocycles. The van der Waals surface area contributed by atoms with Gasteiger partial charge in [0.2, 0.25) is 21.8 Å². The molecule has 2 saturated carbocycles. The van der Waals surface area contributed by atoms with Crippen molar-refractivity contribution in [3.63, 3.8) is 0 Å². The van der Waals surface area contributed by atoms with Crippen LogP contribution in [0.25, 0.3) is 6.08 Å². The van der Waals surface area contributed by atoms with Gasteiger partial charge >= 0.3 is 6.09 Å². The number of sulfonamides is 1. The van der Waals surface area contributed by atoms with Crippen LogP contribution in [0.5, 0.6) is 5.75 Å². The van der Waals surface area contributed by atoms with Crippen molar-refractivity contribution in [1.82, 2.24) is 25.2 Å². The summed E-state index contributed by atoms with van der Waals surface area (Å²) in [6, 6.07) is -0.412. The average Bonchev–Trinajstić information content (AvgIpc) is 3.93. The second kappa shape index (κ2) is 13.7. The van der Waals surface area contributed by atoms with Gasteiger partial charge in [-0.05, 0) is 56.4 Å². The lowest BCUT2D eigenvalue weighted by atomic mass is 9.85. The summed E-state index contributed by atoms with van der Waals surface area (Å²) in [5, 5.41) is 4.88. The Hall–Kier alpha value is -3.94. The number of hydrogen-bond donors (Lipinski definition) is 3. The van der Waals surface area contributed by atoms with Crippen molar-refractivity contribution in [2.45, 2.75) is 101 Å². The number of nitrogens with one attached hydrogen (secondary N) is 3. The number of allylic oxidation sites excluding steroid dienone is 1. The quantitative estimate of drug-likeness (QED) is 0.385. The summed E-state index contributed by atoms with van der Waals surface area (Å²) in [4.78, 5) is 60.1. The molecule has 3 fully saturated rings. The van der Waals surface area contributed by atoms with Crippen molar-refractivity contribution in [3.05, 3.63) is 42.8 Å². The van der Waals surface area contributed by atoms with E-state index in [1.54, 1.807) is 39.2 Å². The molecule has 3 N–H and O–H groups in total. The van der Waals surface area contributed by atoms with E-state index in [2.05, 4.69) is 26.9 Å². The normalized spacial score (nSPS) is 28.8. The van der Waals surface area contributed by atoms with Gasteiger partial charge in [0, 0.05) is 30.3 Å². The van der Waals surface area contributed by atoms with Gasteiger partial charge in [0.25, 0.3) is 5.91 Å². The van der Waals surface area contributed by atoms with E-state index in [0.717, 1.165) is 24.8 Å². The second-order valence-electron chi connectivity index (χ2n) is 13.9. The van der Waals surface area contributed by atoms with E-state index in [-0.39, 0.29) is 26.0 Å². The molecule has 0 spiro atoms. The first-order chi connectivity index (χ1) is 22.2. The molecule has 5 rings (SSSR count). The van der Waals surface area contributed by atoms with Crippen LogP contribution in [-0.4, -0.2) is 84.2 Å². The molecule has 2 aliphatic carbocycles. The molecule has 2 bridgehead atoms. The number of rotatable bonds is 6. The molecule has 4 aliphatic rings. The third-order valence-corrected chi connectivity index (χ3v) is 10.9. The molecule has 5 atom stereocenters. The number of fused-ring (bicyclic) bond motifs is 3. The van der Waals surface area contributed by atoms with E-state index in [9.17, 15) is 27.6 Å². The Morgan fingerprint density at radius 3 is 2.64 bits per heavy atom. The van der Waals surface area contributed by atoms with Crippen molar-refractivity contribution in [2.24, 2.45) is 11.3 Å². The summed E-state index contributed by atoms with van der Waals surface area (Å²) in [5.41, 5.74) is -1.53. The molecular formula is C33H45N5O8S. The van der Waals surface area contributed by atoms with Crippen molar-refractivity contribution >= 4 is 39.9 Å². The number of amides is 4. The van der Waals surface area contributed by atoms with Crippen LogP contribution in [0.3, 0.4) is 0 Å². The van der Waals surface area contributed by atoms with Gasteiger partial charge in [-0.25, -0.2) is 13.2 Å². The van der Waals surface area contributed by atoms with Crippen LogP contribution >= 0.6 is 0 Å². The zero-order valence-electron chi connectivity index (χ0n) is 27.2. The lowest BCUT2D eigenvalue weighted by Gasteiger charge is -2.35. The van der Waals surface area contributed by atoms with E-state index in [1.807, 2.05) is 12.2 Å². The highest BCUT2D eigenvalue weighted by molar-refractivity contribution is 7.91. The first kappa shape index (κ1) is 34.4. The Morgan fingerprint density at radius 2 is 1.96 bits per heavy atom. The number of aromatic nitrogens is 1. The molecule has 13 nitrogen and oxygen atoms in total. The second-order valence-corrected chi connectivity index (χ2v) is 15.9. The molecule has 47 heavy (non-hydrogen) atoms. The Balaban J connectivity index is 1.44. The van der Waals surface area contributed by atoms with Crippen molar-refractivity contribution in [3.8, 4) is 5.75 Å². The fraction of sp³-hybridized carbons (Fsp3) is 0.606. The van der Waals surface area contributed by atoms with Crippen LogP contribution in [0.4, 0.5) is 4.79 Å². The Labute approximate surface area is 276 Å². The van der Waals surface area contributed by atoms with Crippen LogP contribution < -0.4 is 20.1 Å². The number of nitrogens with zero attached hydrogens (tertiary/aromatic N) is 2. The lowest BCUT2D eigenvalue weighted by Crippen LogP contribution is -2.60. The van der Waals surface area contributed by atoms with Gasteiger partial charge in [-0.2, -0.15) is 0 Å². The Bertz CT molecular complexity index is 1540. The number of alkyl carbamates (subject to hydrolysis) is 1. The maximum atomic E-state index is 14.3. The van der Waals surface area contributed by atoms with Gasteiger partial charge in [-0.15, -0.1) is 6.58 Å². The molecule has 1 aromatic heterocycles. The molecule has 0 aromatic carbocycles. The number of carbonyl (C=O) groups excluding carboxylic acids is 4. The minimum absolute atomic E-state index is 0.0197. The first-order valence-corrected chi connectivity index (χ1v) is 17.8. The standard InChI is InChI=1S/C33H45N5O8S/c1-5-22-18-33(22,30(41)37-47(43,44)24-12-13-24)36-28(39)25-17-23-20-38(25)29(40)27(32(2,3)4)35-31(42)45-16-10-8-6-7-9-11-21-19-34-15-14-26(21)46-23/h5,9,11,14-15,19,22-25,27H,1,6-8,10,12-13,16-18,20H2,2-4H3,(H,35,42)(H,36,39)(H,37,41)/t22-,23-,25+,27-,33-/m1/s1. The lowest BCUT2D eigenvalue weighted by molar-refractivity contribution is -0.142. The van der Waals surface area contributed by atoms with Gasteiger partial charge < -0.3 is 25.0 Å². The predicted molar refractivity (Wildman–Crippen MR) is 173 cm³/mol. The smallest absolute Gasteiger partial charge is 0.407 e. The van der Waals surface area contributed by atoms with E-state index in [1.165, 1.54) is 11.0 Å². The highest BCUT2D eigenvalue weighted by atomic mass is 32.2. The minimum Gasteiger partial charge on any atom is -0.488 e. The maximum absolute atomic E-state index is 14.3. The fourth-order valence-electron chi connectivity index (χ4n) is 6.09. The van der Waals surface area contributed by atoms with Crippen LogP contribution in [0.15, 0.2) is 37.2 Å². The molecule has 256 valence electrons. The molecule has 2 aliphatic heterocycles. The summed E-state index contributed by atoms with van der Waals surface area (Å²) in [6.45, 7) is 9.37. The highest BCUT2D eigenvalue weighted by Gasteiger charge is 2.62. The van der Waals surface area contributed by atoms with Crippen LogP contribution in [0.1, 0.15) is 77.7 Å². The number of carbonyl (C=O) groups is 4. The maximum Gasteiger partial charge on any atom is 0.407 e. The summed E-state index contributed by atoms with van der Waals surface area (Å²) >= 11 is 0. The number of hydrogen-bond acceptors (Lipinski definition) is 9. The SMILES string of the molecule is C=C[C@@H]1C[C@]1(NC(=O)[C@@H]1C[C@@H]2CN1C(=O)[C@H](C(C)(C)C)NC(=O)OCCCCCC=Cc1cnccc1O2)C(=O)NS(=O)(=O)C1CC1. The van der Waals surface area contributed by atoms with Crippen LogP contribution in [0.2, 0.25) is 0 Å². The Kier molecular flexibility index (Phi) is 9.99. The largest absolute Gasteiger partial charge is 0.488 e. The predicted octanol–water partition coefficient (Wildman–Crippen LogP) is 2.83. The molecule has 0 radical (unpaired) electrons. The summed E-state index contributed by atoms with van der Waals surface area (Å²) < 4.78 is 39.1. The van der Waals surface area contributed by atoms with Crippen molar-refractivity contribution < 1.29 is 37.1 Å². The van der Waals surface area contributed by atoms with Crippen LogP contribution in [0, 0.1) is 11.3 Å². The van der Waals surface area contributed by atoms with Gasteiger partial charge in [0.1, 0.15) is 29.5 Å². The first-order valence-electron chi connectivity index (χ1n) is 16.3. The van der Waals surface area contributed by atoms with Crippen molar-refractivity contribution in [2.75, 3.05) is 13.2 Å². The number of cyclic esters (lactones) is 1. The molecule has 14 heteroatoms. The number of pyridine rings is 1. The Morgan fingerprint density at radius 1 is 1.19 bits per heavy atom.